The van der Waals surface area contributed by atoms with E-state index < -0.39 is 17.6 Å². The summed E-state index contributed by atoms with van der Waals surface area (Å²) in [6.45, 7) is 1.30. The molecular formula is C16H17NO6. The Labute approximate surface area is 132 Å². The quantitative estimate of drug-likeness (QED) is 0.653. The van der Waals surface area contributed by atoms with E-state index in [1.54, 1.807) is 18.2 Å². The van der Waals surface area contributed by atoms with Crippen LogP contribution < -0.4 is 15.7 Å². The number of amides is 1. The van der Waals surface area contributed by atoms with E-state index in [1.165, 1.54) is 27.2 Å². The number of methoxy groups -OCH3 is 2. The van der Waals surface area contributed by atoms with Crippen LogP contribution in [0.5, 0.6) is 5.75 Å². The first kappa shape index (κ1) is 16.5. The molecule has 2 rings (SSSR count). The lowest BCUT2D eigenvalue weighted by Gasteiger charge is -2.16. The summed E-state index contributed by atoms with van der Waals surface area (Å²) in [4.78, 5) is 34.8. The third-order valence-corrected chi connectivity index (χ3v) is 3.32. The number of carbonyl (C=O) groups excluding carboxylic acids is 2. The number of carbonyl (C=O) groups is 2. The smallest absolute Gasteiger partial charge is 0.336 e. The molecule has 1 heterocycles. The zero-order chi connectivity index (χ0) is 17.0. The Morgan fingerprint density at radius 2 is 2.00 bits per heavy atom. The van der Waals surface area contributed by atoms with Crippen LogP contribution in [0.3, 0.4) is 0 Å². The summed E-state index contributed by atoms with van der Waals surface area (Å²) in [5, 5.41) is 3.17. The normalized spacial score (nSPS) is 11.8. The van der Waals surface area contributed by atoms with E-state index in [4.69, 9.17) is 9.15 Å². The number of rotatable bonds is 5. The monoisotopic (exact) mass is 319 g/mol. The first-order valence-corrected chi connectivity index (χ1v) is 6.90. The summed E-state index contributed by atoms with van der Waals surface area (Å²) in [6, 6.07) is 5.45. The molecule has 122 valence electrons. The Morgan fingerprint density at radius 1 is 1.26 bits per heavy atom. The summed E-state index contributed by atoms with van der Waals surface area (Å²) >= 11 is 0. The van der Waals surface area contributed by atoms with E-state index in [2.05, 4.69) is 10.1 Å². The summed E-state index contributed by atoms with van der Waals surface area (Å²) in [5.41, 5.74) is 0.369. The van der Waals surface area contributed by atoms with Crippen molar-refractivity contribution in [1.29, 1.82) is 0 Å². The predicted octanol–water partition coefficient (Wildman–Crippen LogP) is 1.02. The number of hydrogen-bond donors (Lipinski definition) is 1. The predicted molar refractivity (Wildman–Crippen MR) is 82.4 cm³/mol. The Balaban J connectivity index is 2.46. The first-order valence-electron chi connectivity index (χ1n) is 6.90. The highest BCUT2D eigenvalue weighted by Crippen LogP contribution is 2.23. The van der Waals surface area contributed by atoms with Gasteiger partial charge in [-0.1, -0.05) is 0 Å². The Hall–Kier alpha value is -2.83. The fourth-order valence-corrected chi connectivity index (χ4v) is 2.31. The van der Waals surface area contributed by atoms with Gasteiger partial charge in [0.2, 0.25) is 5.91 Å². The lowest BCUT2D eigenvalue weighted by molar-refractivity contribution is -0.144. The molecule has 23 heavy (non-hydrogen) atoms. The highest BCUT2D eigenvalue weighted by atomic mass is 16.5. The average Bonchev–Trinajstić information content (AvgIpc) is 2.52. The zero-order valence-corrected chi connectivity index (χ0v) is 13.0. The van der Waals surface area contributed by atoms with Gasteiger partial charge in [0.25, 0.3) is 0 Å². The minimum Gasteiger partial charge on any atom is -0.497 e. The maximum atomic E-state index is 11.8. The summed E-state index contributed by atoms with van der Waals surface area (Å²) in [7, 11) is 2.74. The topological polar surface area (TPSA) is 94.8 Å². The van der Waals surface area contributed by atoms with Gasteiger partial charge in [-0.05, 0) is 17.7 Å². The summed E-state index contributed by atoms with van der Waals surface area (Å²) < 4.78 is 14.9. The molecule has 2 aromatic rings. The van der Waals surface area contributed by atoms with Crippen LogP contribution in [0.25, 0.3) is 11.0 Å². The molecule has 0 saturated carbocycles. The molecule has 7 nitrogen and oxygen atoms in total. The Bertz CT molecular complexity index is 795. The number of esters is 1. The van der Waals surface area contributed by atoms with Crippen molar-refractivity contribution in [3.05, 3.63) is 40.2 Å². The van der Waals surface area contributed by atoms with Gasteiger partial charge in [-0.3, -0.25) is 4.79 Å². The summed E-state index contributed by atoms with van der Waals surface area (Å²) in [5.74, 6) is -0.409. The standard InChI is InChI=1S/C16H17NO6/c1-9(18)17-13(16(20)22-3)6-10-7-15(19)23-14-8-11(21-2)4-5-12(10)14/h4-5,7-8,13H,6H2,1-3H3,(H,17,18)/t13-/m0/s1. The van der Waals surface area contributed by atoms with E-state index >= 15 is 0 Å². The third kappa shape index (κ3) is 3.88. The van der Waals surface area contributed by atoms with E-state index in [1.807, 2.05) is 0 Å². The zero-order valence-electron chi connectivity index (χ0n) is 13.0. The SMILES string of the molecule is COC(=O)[C@H](Cc1cc(=O)oc2cc(OC)ccc12)NC(C)=O. The molecule has 1 atom stereocenters. The van der Waals surface area contributed by atoms with Crippen LogP contribution in [0.2, 0.25) is 0 Å². The molecule has 0 bridgehead atoms. The Kier molecular flexibility index (Phi) is 5.00. The van der Waals surface area contributed by atoms with Gasteiger partial charge in [0.05, 0.1) is 14.2 Å². The van der Waals surface area contributed by atoms with Crippen molar-refractivity contribution in [2.24, 2.45) is 0 Å². The molecule has 0 radical (unpaired) electrons. The van der Waals surface area contributed by atoms with Gasteiger partial charge in [0.15, 0.2) is 0 Å². The van der Waals surface area contributed by atoms with Gasteiger partial charge in [0, 0.05) is 30.9 Å². The molecule has 0 aliphatic carbocycles. The second-order valence-electron chi connectivity index (χ2n) is 4.93. The fraction of sp³-hybridized carbons (Fsp3) is 0.312. The molecule has 1 aromatic carbocycles. The van der Waals surface area contributed by atoms with Crippen molar-refractivity contribution in [3.63, 3.8) is 0 Å². The molecule has 0 unspecified atom stereocenters. The second kappa shape index (κ2) is 6.95. The van der Waals surface area contributed by atoms with Crippen LogP contribution in [0.1, 0.15) is 12.5 Å². The lowest BCUT2D eigenvalue weighted by atomic mass is 10.0. The van der Waals surface area contributed by atoms with E-state index in [0.29, 0.717) is 22.3 Å². The maximum Gasteiger partial charge on any atom is 0.336 e. The van der Waals surface area contributed by atoms with Crippen molar-refractivity contribution in [2.45, 2.75) is 19.4 Å². The Morgan fingerprint density at radius 3 is 2.61 bits per heavy atom. The summed E-state index contributed by atoms with van der Waals surface area (Å²) in [6.07, 6.45) is 0.112. The number of nitrogens with one attached hydrogen (secondary N) is 1. The van der Waals surface area contributed by atoms with Crippen molar-refractivity contribution in [2.75, 3.05) is 14.2 Å². The highest BCUT2D eigenvalue weighted by Gasteiger charge is 2.22. The van der Waals surface area contributed by atoms with Gasteiger partial charge in [-0.2, -0.15) is 0 Å². The van der Waals surface area contributed by atoms with Crippen LogP contribution >= 0.6 is 0 Å². The molecule has 0 fully saturated rings. The molecule has 1 aromatic heterocycles. The van der Waals surface area contributed by atoms with Crippen LogP contribution in [0.4, 0.5) is 0 Å². The lowest BCUT2D eigenvalue weighted by Crippen LogP contribution is -2.42. The van der Waals surface area contributed by atoms with E-state index in [9.17, 15) is 14.4 Å². The molecule has 1 amide bonds. The highest BCUT2D eigenvalue weighted by molar-refractivity contribution is 5.86. The molecule has 0 spiro atoms. The van der Waals surface area contributed by atoms with Gasteiger partial charge < -0.3 is 19.2 Å². The van der Waals surface area contributed by atoms with Crippen molar-refractivity contribution >= 4 is 22.8 Å². The maximum absolute atomic E-state index is 11.8. The molecule has 0 aliphatic heterocycles. The molecular weight excluding hydrogens is 302 g/mol. The van der Waals surface area contributed by atoms with Crippen molar-refractivity contribution in [3.8, 4) is 5.75 Å². The van der Waals surface area contributed by atoms with Crippen LogP contribution in [0.15, 0.2) is 33.5 Å². The van der Waals surface area contributed by atoms with Crippen LogP contribution in [-0.4, -0.2) is 32.1 Å². The van der Waals surface area contributed by atoms with Crippen LogP contribution in [-0.2, 0) is 20.7 Å². The van der Waals surface area contributed by atoms with E-state index in [-0.39, 0.29) is 12.3 Å². The third-order valence-electron chi connectivity index (χ3n) is 3.32. The number of fused-ring (bicyclic) bond motifs is 1. The molecule has 0 aliphatic rings. The molecule has 1 N–H and O–H groups in total. The fourth-order valence-electron chi connectivity index (χ4n) is 2.31. The van der Waals surface area contributed by atoms with Gasteiger partial charge >= 0.3 is 11.6 Å². The molecule has 7 heteroatoms. The van der Waals surface area contributed by atoms with Crippen molar-refractivity contribution < 1.29 is 23.5 Å². The number of hydrogen-bond acceptors (Lipinski definition) is 6. The van der Waals surface area contributed by atoms with Gasteiger partial charge in [-0.15, -0.1) is 0 Å². The first-order chi connectivity index (χ1) is 10.9. The van der Waals surface area contributed by atoms with E-state index in [0.717, 1.165) is 0 Å². The second-order valence-corrected chi connectivity index (χ2v) is 4.93. The van der Waals surface area contributed by atoms with Gasteiger partial charge in [-0.25, -0.2) is 9.59 Å². The van der Waals surface area contributed by atoms with Crippen molar-refractivity contribution in [1.82, 2.24) is 5.32 Å². The number of ether oxygens (including phenoxy) is 2. The average molecular weight is 319 g/mol. The largest absolute Gasteiger partial charge is 0.497 e. The minimum absolute atomic E-state index is 0.112. The van der Waals surface area contributed by atoms with Gasteiger partial charge in [0.1, 0.15) is 17.4 Å². The number of benzene rings is 1. The minimum atomic E-state index is -0.885. The molecule has 0 saturated heterocycles. The van der Waals surface area contributed by atoms with Crippen LogP contribution in [0, 0.1) is 0 Å².